The number of amides is 1. The van der Waals surface area contributed by atoms with Crippen molar-refractivity contribution in [3.05, 3.63) is 34.8 Å². The molecule has 0 saturated heterocycles. The molecule has 9 heteroatoms. The highest BCUT2D eigenvalue weighted by Gasteiger charge is 2.13. The topological polar surface area (TPSA) is 123 Å². The summed E-state index contributed by atoms with van der Waals surface area (Å²) in [5, 5.41) is 17.8. The van der Waals surface area contributed by atoms with E-state index in [1.165, 1.54) is 0 Å². The van der Waals surface area contributed by atoms with Gasteiger partial charge in [0.2, 0.25) is 0 Å². The second-order valence-corrected chi connectivity index (χ2v) is 4.80. The maximum Gasteiger partial charge on any atom is 0.269 e. The third kappa shape index (κ3) is 3.89. The van der Waals surface area contributed by atoms with Crippen molar-refractivity contribution in [1.82, 2.24) is 9.59 Å². The number of aromatic nitrogens is 2. The van der Waals surface area contributed by atoms with E-state index in [-0.39, 0.29) is 18.3 Å². The Morgan fingerprint density at radius 2 is 2.38 bits per heavy atom. The predicted molar refractivity (Wildman–Crippen MR) is 77.9 cm³/mol. The van der Waals surface area contributed by atoms with Crippen LogP contribution in [0.25, 0.3) is 0 Å². The molecule has 1 amide bonds. The number of ether oxygens (including phenoxy) is 1. The van der Waals surface area contributed by atoms with Gasteiger partial charge < -0.3 is 21.0 Å². The number of oxime groups is 1. The van der Waals surface area contributed by atoms with Crippen LogP contribution < -0.4 is 15.8 Å². The Bertz CT molecular complexity index is 670. The summed E-state index contributed by atoms with van der Waals surface area (Å²) in [4.78, 5) is 12.5. The Kier molecular flexibility index (Phi) is 4.67. The number of anilines is 1. The quantitative estimate of drug-likeness (QED) is 0.330. The van der Waals surface area contributed by atoms with Crippen molar-refractivity contribution in [2.24, 2.45) is 10.9 Å². The number of amidine groups is 1. The van der Waals surface area contributed by atoms with E-state index in [0.29, 0.717) is 22.0 Å². The molecule has 21 heavy (non-hydrogen) atoms. The van der Waals surface area contributed by atoms with Crippen molar-refractivity contribution in [2.45, 2.75) is 6.92 Å². The number of carbonyl (C=O) groups is 1. The monoisotopic (exact) mass is 307 g/mol. The van der Waals surface area contributed by atoms with Gasteiger partial charge in [-0.3, -0.25) is 4.79 Å². The van der Waals surface area contributed by atoms with E-state index in [4.69, 9.17) is 15.7 Å². The molecule has 0 unspecified atom stereocenters. The molecule has 0 radical (unpaired) electrons. The van der Waals surface area contributed by atoms with Crippen LogP contribution in [0.1, 0.15) is 15.4 Å². The molecule has 4 N–H and O–H groups in total. The zero-order valence-corrected chi connectivity index (χ0v) is 11.9. The van der Waals surface area contributed by atoms with Crippen LogP contribution in [-0.2, 0) is 0 Å². The molecular formula is C12H13N5O3S. The van der Waals surface area contributed by atoms with Crippen LogP contribution >= 0.6 is 11.5 Å². The first-order valence-electron chi connectivity index (χ1n) is 5.89. The molecule has 1 aromatic carbocycles. The normalized spacial score (nSPS) is 11.2. The zero-order chi connectivity index (χ0) is 15.2. The highest BCUT2D eigenvalue weighted by molar-refractivity contribution is 7.08. The molecule has 0 bridgehead atoms. The highest BCUT2D eigenvalue weighted by Crippen LogP contribution is 2.19. The lowest BCUT2D eigenvalue weighted by atomic mass is 10.3. The first-order valence-corrected chi connectivity index (χ1v) is 6.67. The molecule has 2 aromatic rings. The van der Waals surface area contributed by atoms with Crippen molar-refractivity contribution >= 4 is 29.0 Å². The van der Waals surface area contributed by atoms with E-state index in [0.717, 1.165) is 11.5 Å². The van der Waals surface area contributed by atoms with Crippen molar-refractivity contribution in [3.63, 3.8) is 0 Å². The molecule has 2 rings (SSSR count). The summed E-state index contributed by atoms with van der Waals surface area (Å²) in [6.07, 6.45) is 0. The number of benzene rings is 1. The molecule has 8 nitrogen and oxygen atoms in total. The van der Waals surface area contributed by atoms with E-state index in [9.17, 15) is 4.79 Å². The van der Waals surface area contributed by atoms with Gasteiger partial charge in [-0.15, -0.1) is 5.10 Å². The molecule has 1 heterocycles. The first-order chi connectivity index (χ1) is 10.1. The molecule has 1 aromatic heterocycles. The predicted octanol–water partition coefficient (Wildman–Crippen LogP) is 1.22. The maximum absolute atomic E-state index is 12.0. The summed E-state index contributed by atoms with van der Waals surface area (Å²) in [5.41, 5.74) is 6.45. The van der Waals surface area contributed by atoms with Gasteiger partial charge >= 0.3 is 0 Å². The largest absolute Gasteiger partial charge is 0.485 e. The van der Waals surface area contributed by atoms with E-state index >= 15 is 0 Å². The van der Waals surface area contributed by atoms with Gasteiger partial charge in [-0.1, -0.05) is 15.7 Å². The first kappa shape index (κ1) is 14.7. The lowest BCUT2D eigenvalue weighted by Crippen LogP contribution is -2.20. The van der Waals surface area contributed by atoms with Gasteiger partial charge in [-0.05, 0) is 30.6 Å². The Balaban J connectivity index is 2.04. The van der Waals surface area contributed by atoms with Gasteiger partial charge in [0.1, 0.15) is 17.2 Å². The van der Waals surface area contributed by atoms with Gasteiger partial charge in [0.25, 0.3) is 5.91 Å². The molecule has 0 aliphatic carbocycles. The number of nitrogens with two attached hydrogens (primary N) is 1. The van der Waals surface area contributed by atoms with Crippen LogP contribution in [0.3, 0.4) is 0 Å². The van der Waals surface area contributed by atoms with Gasteiger partial charge in [-0.2, -0.15) is 0 Å². The van der Waals surface area contributed by atoms with E-state index in [1.807, 2.05) is 0 Å². The number of carbonyl (C=O) groups excluding carboxylic acids is 1. The maximum atomic E-state index is 12.0. The molecule has 110 valence electrons. The number of nitrogens with one attached hydrogen (secondary N) is 1. The third-order valence-electron chi connectivity index (χ3n) is 2.46. The van der Waals surface area contributed by atoms with Gasteiger partial charge in [0.05, 0.1) is 5.69 Å². The minimum atomic E-state index is -0.281. The molecule has 0 saturated carbocycles. The van der Waals surface area contributed by atoms with Crippen molar-refractivity contribution in [3.8, 4) is 5.75 Å². The Labute approximate surface area is 124 Å². The number of aryl methyl sites for hydroxylation is 1. The lowest BCUT2D eigenvalue weighted by molar-refractivity contribution is 0.103. The summed E-state index contributed by atoms with van der Waals surface area (Å²) in [6, 6.07) is 6.76. The average molecular weight is 307 g/mol. The number of rotatable bonds is 5. The number of nitrogens with zero attached hydrogens (tertiary/aromatic N) is 3. The molecule has 0 aliphatic rings. The van der Waals surface area contributed by atoms with Crippen molar-refractivity contribution in [2.75, 3.05) is 11.9 Å². The average Bonchev–Trinajstić information content (AvgIpc) is 2.91. The number of hydrogen-bond acceptors (Lipinski definition) is 7. The van der Waals surface area contributed by atoms with Crippen LogP contribution in [0.4, 0.5) is 5.69 Å². The molecule has 0 fully saturated rings. The van der Waals surface area contributed by atoms with Crippen LogP contribution in [-0.4, -0.2) is 33.1 Å². The van der Waals surface area contributed by atoms with Gasteiger partial charge in [0, 0.05) is 11.8 Å². The highest BCUT2D eigenvalue weighted by atomic mass is 32.1. The summed E-state index contributed by atoms with van der Waals surface area (Å²) >= 11 is 1.03. The van der Waals surface area contributed by atoms with Crippen LogP contribution in [0.5, 0.6) is 5.75 Å². The Morgan fingerprint density at radius 1 is 1.57 bits per heavy atom. The SMILES string of the molecule is Cc1nnsc1C(=O)Nc1cccc(OCC(N)=NO)c1. The number of hydrogen-bond donors (Lipinski definition) is 3. The van der Waals surface area contributed by atoms with Crippen molar-refractivity contribution < 1.29 is 14.7 Å². The summed E-state index contributed by atoms with van der Waals surface area (Å²) in [6.45, 7) is 1.67. The van der Waals surface area contributed by atoms with Crippen LogP contribution in [0, 0.1) is 6.92 Å². The fourth-order valence-corrected chi connectivity index (χ4v) is 2.03. The van der Waals surface area contributed by atoms with E-state index in [1.54, 1.807) is 31.2 Å². The Hall–Kier alpha value is -2.68. The minimum absolute atomic E-state index is 0.0456. The van der Waals surface area contributed by atoms with E-state index in [2.05, 4.69) is 20.1 Å². The zero-order valence-electron chi connectivity index (χ0n) is 11.1. The standard InChI is InChI=1S/C12H13N5O3S/c1-7-11(21-17-15-7)12(18)14-8-3-2-4-9(5-8)20-6-10(13)16-19/h2-5,19H,6H2,1H3,(H2,13,16)(H,14,18). The molecular weight excluding hydrogens is 294 g/mol. The molecule has 0 spiro atoms. The fraction of sp³-hybridized carbons (Fsp3) is 0.167. The Morgan fingerprint density at radius 3 is 3.05 bits per heavy atom. The lowest BCUT2D eigenvalue weighted by Gasteiger charge is -2.08. The molecule has 0 atom stereocenters. The fourth-order valence-electron chi connectivity index (χ4n) is 1.48. The second kappa shape index (κ2) is 6.66. The minimum Gasteiger partial charge on any atom is -0.485 e. The smallest absolute Gasteiger partial charge is 0.269 e. The summed E-state index contributed by atoms with van der Waals surface area (Å²) in [5.74, 6) is 0.158. The summed E-state index contributed by atoms with van der Waals surface area (Å²) in [7, 11) is 0. The molecule has 0 aliphatic heterocycles. The van der Waals surface area contributed by atoms with E-state index < -0.39 is 0 Å². The second-order valence-electron chi connectivity index (χ2n) is 4.05. The summed E-state index contributed by atoms with van der Waals surface area (Å²) < 4.78 is 9.02. The van der Waals surface area contributed by atoms with Crippen LogP contribution in [0.2, 0.25) is 0 Å². The van der Waals surface area contributed by atoms with Crippen LogP contribution in [0.15, 0.2) is 29.4 Å². The third-order valence-corrected chi connectivity index (χ3v) is 3.29. The van der Waals surface area contributed by atoms with Gasteiger partial charge in [0.15, 0.2) is 5.84 Å². The van der Waals surface area contributed by atoms with Crippen molar-refractivity contribution in [1.29, 1.82) is 0 Å². The van der Waals surface area contributed by atoms with Gasteiger partial charge in [-0.25, -0.2) is 0 Å².